The zero-order valence-electron chi connectivity index (χ0n) is 11.2. The second-order valence-electron chi connectivity index (χ2n) is 4.84. The van der Waals surface area contributed by atoms with Gasteiger partial charge in [-0.1, -0.05) is 22.0 Å². The average molecular weight is 338 g/mol. The Balaban J connectivity index is 2.03. The smallest absolute Gasteiger partial charge is 0.327 e. The molecule has 1 aromatic heterocycles. The number of rotatable bonds is 4. The zero-order valence-corrected chi connectivity index (χ0v) is 12.8. The molecular formula is C14H16BrN3O2. The number of nitrogens with zero attached hydrogens (tertiary/aromatic N) is 2. The Bertz CT molecular complexity index is 649. The highest BCUT2D eigenvalue weighted by atomic mass is 79.9. The molecule has 6 heteroatoms. The van der Waals surface area contributed by atoms with Gasteiger partial charge in [-0.3, -0.25) is 9.48 Å². The van der Waals surface area contributed by atoms with Crippen LogP contribution >= 0.6 is 15.9 Å². The first kappa shape index (κ1) is 13.6. The van der Waals surface area contributed by atoms with Crippen LogP contribution in [-0.2, 0) is 16.1 Å². The highest BCUT2D eigenvalue weighted by Gasteiger charge is 2.26. The third-order valence-corrected chi connectivity index (χ3v) is 4.17. The van der Waals surface area contributed by atoms with Gasteiger partial charge >= 0.3 is 5.97 Å². The van der Waals surface area contributed by atoms with Crippen LogP contribution in [-0.4, -0.2) is 35.4 Å². The van der Waals surface area contributed by atoms with E-state index in [4.69, 9.17) is 4.74 Å². The van der Waals surface area contributed by atoms with E-state index in [1.807, 2.05) is 18.2 Å². The van der Waals surface area contributed by atoms with Crippen molar-refractivity contribution in [2.24, 2.45) is 0 Å². The molecule has 106 valence electrons. The van der Waals surface area contributed by atoms with Crippen LogP contribution in [0.4, 0.5) is 0 Å². The van der Waals surface area contributed by atoms with Gasteiger partial charge in [0.1, 0.15) is 6.54 Å². The van der Waals surface area contributed by atoms with Crippen LogP contribution in [0.25, 0.3) is 10.9 Å². The van der Waals surface area contributed by atoms with Crippen LogP contribution in [0, 0.1) is 0 Å². The second kappa shape index (κ2) is 5.54. The maximum atomic E-state index is 11.7. The molecule has 0 unspecified atom stereocenters. The lowest BCUT2D eigenvalue weighted by Crippen LogP contribution is -2.40. The predicted octanol–water partition coefficient (Wildman–Crippen LogP) is 2.05. The highest BCUT2D eigenvalue weighted by Crippen LogP contribution is 2.32. The monoisotopic (exact) mass is 337 g/mol. The van der Waals surface area contributed by atoms with E-state index in [9.17, 15) is 4.79 Å². The van der Waals surface area contributed by atoms with Crippen molar-refractivity contribution < 1.29 is 9.53 Å². The molecule has 0 atom stereocenters. The van der Waals surface area contributed by atoms with Gasteiger partial charge in [0.2, 0.25) is 0 Å². The number of carbonyl (C=O) groups excluding carboxylic acids is 1. The van der Waals surface area contributed by atoms with Crippen molar-refractivity contribution in [3.05, 3.63) is 28.4 Å². The van der Waals surface area contributed by atoms with Gasteiger partial charge in [0.25, 0.3) is 0 Å². The summed E-state index contributed by atoms with van der Waals surface area (Å²) in [5.41, 5.74) is 2.02. The molecule has 0 amide bonds. The number of nitrogens with one attached hydrogen (secondary N) is 1. The van der Waals surface area contributed by atoms with E-state index in [-0.39, 0.29) is 12.5 Å². The molecule has 1 N–H and O–H groups in total. The molecule has 3 rings (SSSR count). The highest BCUT2D eigenvalue weighted by molar-refractivity contribution is 9.10. The molecule has 0 saturated carbocycles. The zero-order chi connectivity index (χ0) is 14.1. The van der Waals surface area contributed by atoms with E-state index in [1.54, 1.807) is 11.6 Å². The van der Waals surface area contributed by atoms with Crippen molar-refractivity contribution >= 4 is 32.8 Å². The quantitative estimate of drug-likeness (QED) is 0.867. The maximum Gasteiger partial charge on any atom is 0.327 e. The van der Waals surface area contributed by atoms with E-state index >= 15 is 0 Å². The van der Waals surface area contributed by atoms with Crippen molar-refractivity contribution in [1.29, 1.82) is 0 Å². The fourth-order valence-electron chi connectivity index (χ4n) is 2.43. The van der Waals surface area contributed by atoms with E-state index in [2.05, 4.69) is 26.3 Å². The lowest BCUT2D eigenvalue weighted by molar-refractivity contribution is -0.143. The molecule has 20 heavy (non-hydrogen) atoms. The number of fused-ring (bicyclic) bond motifs is 1. The topological polar surface area (TPSA) is 56.2 Å². The summed E-state index contributed by atoms with van der Waals surface area (Å²) in [4.78, 5) is 11.7. The van der Waals surface area contributed by atoms with Crippen LogP contribution in [0.2, 0.25) is 0 Å². The summed E-state index contributed by atoms with van der Waals surface area (Å²) in [6.45, 7) is 4.23. The molecule has 0 bridgehead atoms. The van der Waals surface area contributed by atoms with Gasteiger partial charge in [-0.05, 0) is 19.1 Å². The van der Waals surface area contributed by atoms with E-state index in [0.29, 0.717) is 12.5 Å². The summed E-state index contributed by atoms with van der Waals surface area (Å²) in [6, 6.07) is 5.95. The summed E-state index contributed by atoms with van der Waals surface area (Å²) in [5, 5.41) is 9.00. The molecule has 1 aliphatic heterocycles. The van der Waals surface area contributed by atoms with Crippen molar-refractivity contribution in [2.75, 3.05) is 19.7 Å². The third kappa shape index (κ3) is 2.33. The Morgan fingerprint density at radius 1 is 1.55 bits per heavy atom. The fraction of sp³-hybridized carbons (Fsp3) is 0.429. The lowest BCUT2D eigenvalue weighted by Gasteiger charge is -2.25. The van der Waals surface area contributed by atoms with Gasteiger partial charge in [0, 0.05) is 28.9 Å². The Labute approximate surface area is 125 Å². The SMILES string of the molecule is CCOC(=O)Cn1nc(C2CNC2)c2c(Br)cccc21. The fourth-order valence-corrected chi connectivity index (χ4v) is 2.99. The van der Waals surface area contributed by atoms with Gasteiger partial charge in [0.15, 0.2) is 0 Å². The van der Waals surface area contributed by atoms with E-state index in [1.165, 1.54) is 0 Å². The molecule has 1 fully saturated rings. The normalized spacial score (nSPS) is 15.3. The number of ether oxygens (including phenoxy) is 1. The Morgan fingerprint density at radius 3 is 3.00 bits per heavy atom. The molecule has 0 aliphatic carbocycles. The molecule has 0 spiro atoms. The Hall–Kier alpha value is -1.40. The molecule has 0 radical (unpaired) electrons. The number of benzene rings is 1. The van der Waals surface area contributed by atoms with Crippen molar-refractivity contribution in [2.45, 2.75) is 19.4 Å². The molecule has 2 aromatic rings. The van der Waals surface area contributed by atoms with E-state index in [0.717, 1.165) is 34.2 Å². The Morgan fingerprint density at radius 2 is 2.35 bits per heavy atom. The van der Waals surface area contributed by atoms with Crippen LogP contribution < -0.4 is 5.32 Å². The van der Waals surface area contributed by atoms with Gasteiger partial charge < -0.3 is 10.1 Å². The number of carbonyl (C=O) groups is 1. The summed E-state index contributed by atoms with van der Waals surface area (Å²) in [7, 11) is 0. The van der Waals surface area contributed by atoms with Crippen LogP contribution in [0.1, 0.15) is 18.5 Å². The van der Waals surface area contributed by atoms with Crippen LogP contribution in [0.3, 0.4) is 0 Å². The minimum atomic E-state index is -0.254. The molecule has 1 aromatic carbocycles. The van der Waals surface area contributed by atoms with Crippen molar-refractivity contribution in [1.82, 2.24) is 15.1 Å². The molecule has 1 saturated heterocycles. The Kier molecular flexibility index (Phi) is 3.76. The number of halogens is 1. The first-order valence-electron chi connectivity index (χ1n) is 6.72. The largest absolute Gasteiger partial charge is 0.465 e. The molecule has 1 aliphatic rings. The van der Waals surface area contributed by atoms with Crippen LogP contribution in [0.5, 0.6) is 0 Å². The predicted molar refractivity (Wildman–Crippen MR) is 79.7 cm³/mol. The van der Waals surface area contributed by atoms with Gasteiger partial charge in [-0.15, -0.1) is 0 Å². The number of esters is 1. The number of hydrogen-bond acceptors (Lipinski definition) is 4. The lowest BCUT2D eigenvalue weighted by atomic mass is 9.97. The number of hydrogen-bond donors (Lipinski definition) is 1. The summed E-state index contributed by atoms with van der Waals surface area (Å²) >= 11 is 3.59. The minimum Gasteiger partial charge on any atom is -0.465 e. The van der Waals surface area contributed by atoms with Crippen molar-refractivity contribution in [3.63, 3.8) is 0 Å². The molecule has 2 heterocycles. The van der Waals surface area contributed by atoms with Crippen molar-refractivity contribution in [3.8, 4) is 0 Å². The van der Waals surface area contributed by atoms with Crippen LogP contribution in [0.15, 0.2) is 22.7 Å². The van der Waals surface area contributed by atoms with Gasteiger partial charge in [-0.2, -0.15) is 5.10 Å². The summed E-state index contributed by atoms with van der Waals surface area (Å²) in [6.07, 6.45) is 0. The van der Waals surface area contributed by atoms with Gasteiger partial charge in [-0.25, -0.2) is 0 Å². The first-order chi connectivity index (χ1) is 9.70. The number of aromatic nitrogens is 2. The second-order valence-corrected chi connectivity index (χ2v) is 5.69. The summed E-state index contributed by atoms with van der Waals surface area (Å²) < 4.78 is 7.77. The van der Waals surface area contributed by atoms with Gasteiger partial charge in [0.05, 0.1) is 17.8 Å². The first-order valence-corrected chi connectivity index (χ1v) is 7.51. The third-order valence-electron chi connectivity index (χ3n) is 3.51. The maximum absolute atomic E-state index is 11.7. The standard InChI is InChI=1S/C14H16BrN3O2/c1-2-20-12(19)8-18-11-5-3-4-10(15)13(11)14(17-18)9-6-16-7-9/h3-5,9,16H,2,6-8H2,1H3. The average Bonchev–Trinajstić information content (AvgIpc) is 2.68. The summed E-state index contributed by atoms with van der Waals surface area (Å²) in [5.74, 6) is 0.162. The molecular weight excluding hydrogens is 322 g/mol. The minimum absolute atomic E-state index is 0.154. The molecule has 5 nitrogen and oxygen atoms in total. The van der Waals surface area contributed by atoms with E-state index < -0.39 is 0 Å².